The van der Waals surface area contributed by atoms with Crippen LogP contribution in [-0.4, -0.2) is 64.3 Å². The predicted octanol–water partition coefficient (Wildman–Crippen LogP) is 0.672. The van der Waals surface area contributed by atoms with Gasteiger partial charge in [0.25, 0.3) is 17.7 Å². The Bertz CT molecular complexity index is 1310. The topological polar surface area (TPSA) is 143 Å². The molecule has 0 saturated carbocycles. The Kier molecular flexibility index (Phi) is 7.49. The first-order chi connectivity index (χ1) is 18.7. The summed E-state index contributed by atoms with van der Waals surface area (Å²) in [5.74, 6) is -2.79. The molecule has 4 amide bonds. The second-order valence-corrected chi connectivity index (χ2v) is 9.95. The summed E-state index contributed by atoms with van der Waals surface area (Å²) in [6.07, 6.45) is 0.695. The third kappa shape index (κ3) is 5.57. The molecule has 0 aliphatic carbocycles. The first-order valence-corrected chi connectivity index (χ1v) is 12.9. The van der Waals surface area contributed by atoms with E-state index in [9.17, 15) is 29.0 Å². The molecule has 3 aliphatic heterocycles. The number of hydrogen-bond donors (Lipinski definition) is 2. The number of nitrogens with zero attached hydrogens (tertiary/aromatic N) is 2. The van der Waals surface area contributed by atoms with Crippen LogP contribution < -0.4 is 10.8 Å². The molecule has 202 valence electrons. The summed E-state index contributed by atoms with van der Waals surface area (Å²) in [5.41, 5.74) is 3.30. The van der Waals surface area contributed by atoms with E-state index in [1.807, 2.05) is 19.1 Å². The summed E-state index contributed by atoms with van der Waals surface area (Å²) in [6, 6.07) is 10.6. The zero-order chi connectivity index (χ0) is 27.7. The van der Waals surface area contributed by atoms with Crippen molar-refractivity contribution in [1.82, 2.24) is 15.3 Å². The van der Waals surface area contributed by atoms with Gasteiger partial charge in [-0.05, 0) is 48.5 Å². The number of aryl methyl sites for hydroxylation is 1. The van der Waals surface area contributed by atoms with Crippen molar-refractivity contribution in [3.8, 4) is 0 Å². The van der Waals surface area contributed by atoms with Crippen molar-refractivity contribution in [3.05, 3.63) is 64.7 Å². The van der Waals surface area contributed by atoms with E-state index >= 15 is 0 Å². The molecule has 2 atom stereocenters. The highest BCUT2D eigenvalue weighted by atomic mass is 16.7. The van der Waals surface area contributed by atoms with Crippen LogP contribution in [0.2, 0.25) is 0 Å². The highest BCUT2D eigenvalue weighted by Crippen LogP contribution is 2.25. The summed E-state index contributed by atoms with van der Waals surface area (Å²) in [4.78, 5) is 69.8. The zero-order valence-electron chi connectivity index (χ0n) is 21.4. The minimum atomic E-state index is -1.09. The van der Waals surface area contributed by atoms with E-state index in [4.69, 9.17) is 9.49 Å². The summed E-state index contributed by atoms with van der Waals surface area (Å²) >= 11 is 0. The van der Waals surface area contributed by atoms with E-state index in [2.05, 4.69) is 5.32 Å². The van der Waals surface area contributed by atoms with Gasteiger partial charge in [0.15, 0.2) is 0 Å². The van der Waals surface area contributed by atoms with Gasteiger partial charge in [-0.25, -0.2) is 4.79 Å². The monoisotopic (exact) mass is 533 g/mol. The molecule has 12 heteroatoms. The van der Waals surface area contributed by atoms with Crippen LogP contribution in [0.1, 0.15) is 65.2 Å². The average molecular weight is 533 g/mol. The van der Waals surface area contributed by atoms with Gasteiger partial charge in [-0.15, -0.1) is 5.06 Å². The van der Waals surface area contributed by atoms with Gasteiger partial charge >= 0.3 is 13.1 Å². The Morgan fingerprint density at radius 1 is 1.13 bits per heavy atom. The van der Waals surface area contributed by atoms with Crippen LogP contribution in [0.25, 0.3) is 0 Å². The van der Waals surface area contributed by atoms with Crippen LogP contribution >= 0.6 is 0 Å². The number of fused-ring (bicyclic) bond motifs is 1. The fraction of sp³-hybridized carbons (Fsp3) is 0.370. The van der Waals surface area contributed by atoms with Gasteiger partial charge in [0.2, 0.25) is 5.91 Å². The van der Waals surface area contributed by atoms with E-state index in [0.29, 0.717) is 41.0 Å². The molecule has 39 heavy (non-hydrogen) atoms. The van der Waals surface area contributed by atoms with Gasteiger partial charge < -0.3 is 24.7 Å². The second kappa shape index (κ2) is 11.0. The molecule has 0 bridgehead atoms. The van der Waals surface area contributed by atoms with Crippen LogP contribution in [0.3, 0.4) is 0 Å². The molecule has 0 aromatic heterocycles. The molecular weight excluding hydrogens is 505 g/mol. The summed E-state index contributed by atoms with van der Waals surface area (Å²) < 4.78 is 5.21. The minimum Gasteiger partial charge on any atom is -0.423 e. The molecule has 11 nitrogen and oxygen atoms in total. The van der Waals surface area contributed by atoms with Gasteiger partial charge in [0.05, 0.1) is 19.1 Å². The molecule has 0 unspecified atom stereocenters. The standard InChI is InChI=1S/C27H28BN3O8/c1-16-4-6-17(7-5-16)21(14-25(34)39-31-23(32)10-11-24(31)33)29-26(35)22-3-2-12-30(22)27(36)18-8-9-19-15-38-28(37)20(19)13-18/h4-9,13,21-22,37H,2-3,10-12,14-15H2,1H3,(H,29,35)/t21-,22-/m0/s1. The van der Waals surface area contributed by atoms with Crippen molar-refractivity contribution >= 4 is 42.2 Å². The Labute approximate surface area is 225 Å². The quantitative estimate of drug-likeness (QED) is 0.391. The van der Waals surface area contributed by atoms with E-state index in [-0.39, 0.29) is 31.8 Å². The van der Waals surface area contributed by atoms with Gasteiger partial charge in [0, 0.05) is 24.9 Å². The summed E-state index contributed by atoms with van der Waals surface area (Å²) in [6.45, 7) is 2.55. The van der Waals surface area contributed by atoms with Crippen molar-refractivity contribution in [2.45, 2.75) is 57.7 Å². The lowest BCUT2D eigenvalue weighted by Crippen LogP contribution is -2.47. The number of hydroxylamine groups is 2. The van der Waals surface area contributed by atoms with Crippen LogP contribution in [0.4, 0.5) is 0 Å². The highest BCUT2D eigenvalue weighted by molar-refractivity contribution is 6.61. The molecular formula is C27H28BN3O8. The van der Waals surface area contributed by atoms with Gasteiger partial charge in [-0.3, -0.25) is 19.2 Å². The maximum Gasteiger partial charge on any atom is 0.491 e. The maximum atomic E-state index is 13.5. The lowest BCUT2D eigenvalue weighted by molar-refractivity contribution is -0.197. The molecule has 5 rings (SSSR count). The van der Waals surface area contributed by atoms with Crippen molar-refractivity contribution in [2.75, 3.05) is 6.54 Å². The molecule has 2 N–H and O–H groups in total. The van der Waals surface area contributed by atoms with E-state index in [1.54, 1.807) is 30.3 Å². The third-order valence-corrected chi connectivity index (χ3v) is 7.24. The molecule has 2 saturated heterocycles. The number of carbonyl (C=O) groups excluding carboxylic acids is 5. The van der Waals surface area contributed by atoms with Crippen LogP contribution in [0.5, 0.6) is 0 Å². The Balaban J connectivity index is 1.31. The minimum absolute atomic E-state index is 0.0218. The molecule has 2 fully saturated rings. The van der Waals surface area contributed by atoms with Crippen molar-refractivity contribution in [3.63, 3.8) is 0 Å². The number of rotatable bonds is 7. The first kappa shape index (κ1) is 26.6. The second-order valence-electron chi connectivity index (χ2n) is 9.95. The normalized spacial score (nSPS) is 19.3. The maximum absolute atomic E-state index is 13.5. The molecule has 0 spiro atoms. The third-order valence-electron chi connectivity index (χ3n) is 7.24. The van der Waals surface area contributed by atoms with Gasteiger partial charge in [0.1, 0.15) is 6.04 Å². The molecule has 0 radical (unpaired) electrons. The first-order valence-electron chi connectivity index (χ1n) is 12.9. The van der Waals surface area contributed by atoms with Crippen molar-refractivity contribution < 1.29 is 38.5 Å². The van der Waals surface area contributed by atoms with Crippen molar-refractivity contribution in [2.24, 2.45) is 0 Å². The Morgan fingerprint density at radius 3 is 2.56 bits per heavy atom. The fourth-order valence-corrected chi connectivity index (χ4v) is 5.08. The summed E-state index contributed by atoms with van der Waals surface area (Å²) in [7, 11) is -1.09. The SMILES string of the molecule is Cc1ccc([C@H](CC(=O)ON2C(=O)CCC2=O)NC(=O)[C@@H]2CCCN2C(=O)c2ccc3c(c2)B(O)OC3)cc1. The molecule has 3 heterocycles. The van der Waals surface area contributed by atoms with Crippen LogP contribution in [-0.2, 0) is 35.3 Å². The fourth-order valence-electron chi connectivity index (χ4n) is 5.08. The molecule has 2 aromatic carbocycles. The molecule has 3 aliphatic rings. The van der Waals surface area contributed by atoms with Crippen LogP contribution in [0.15, 0.2) is 42.5 Å². The lowest BCUT2D eigenvalue weighted by Gasteiger charge is -2.27. The van der Waals surface area contributed by atoms with Crippen molar-refractivity contribution in [1.29, 1.82) is 0 Å². The average Bonchev–Trinajstić information content (AvgIpc) is 3.64. The number of amides is 4. The summed E-state index contributed by atoms with van der Waals surface area (Å²) in [5, 5.41) is 13.4. The largest absolute Gasteiger partial charge is 0.491 e. The smallest absolute Gasteiger partial charge is 0.423 e. The number of hydrogen-bond acceptors (Lipinski definition) is 8. The zero-order valence-corrected chi connectivity index (χ0v) is 21.4. The Hall–Kier alpha value is -4.03. The lowest BCUT2D eigenvalue weighted by atomic mass is 9.78. The number of carbonyl (C=O) groups is 5. The van der Waals surface area contributed by atoms with Gasteiger partial charge in [-0.1, -0.05) is 35.9 Å². The van der Waals surface area contributed by atoms with E-state index < -0.39 is 42.9 Å². The van der Waals surface area contributed by atoms with Gasteiger partial charge in [-0.2, -0.15) is 0 Å². The highest BCUT2D eigenvalue weighted by Gasteiger charge is 2.38. The number of nitrogens with one attached hydrogen (secondary N) is 1. The Morgan fingerprint density at radius 2 is 1.85 bits per heavy atom. The molecule has 2 aromatic rings. The van der Waals surface area contributed by atoms with E-state index in [0.717, 1.165) is 11.1 Å². The number of benzene rings is 2. The predicted molar refractivity (Wildman–Crippen MR) is 137 cm³/mol. The van der Waals surface area contributed by atoms with Crippen LogP contribution in [0, 0.1) is 6.92 Å². The van der Waals surface area contributed by atoms with E-state index in [1.165, 1.54) is 4.90 Å². The number of imide groups is 1. The number of likely N-dealkylation sites (tertiary alicyclic amines) is 1.